The van der Waals surface area contributed by atoms with Crippen molar-refractivity contribution < 1.29 is 13.5 Å². The van der Waals surface area contributed by atoms with Crippen LogP contribution in [0.4, 0.5) is 0 Å². The van der Waals surface area contributed by atoms with Crippen molar-refractivity contribution in [3.63, 3.8) is 0 Å². The zero-order valence-electron chi connectivity index (χ0n) is 10.8. The van der Waals surface area contributed by atoms with Crippen LogP contribution in [-0.2, 0) is 23.2 Å². The van der Waals surface area contributed by atoms with E-state index in [1.165, 1.54) is 17.4 Å². The van der Waals surface area contributed by atoms with Crippen molar-refractivity contribution in [1.82, 2.24) is 4.72 Å². The number of aliphatic hydroxyl groups excluding tert-OH is 1. The van der Waals surface area contributed by atoms with Crippen LogP contribution in [-0.4, -0.2) is 13.5 Å². The zero-order chi connectivity index (χ0) is 14.8. The summed E-state index contributed by atoms with van der Waals surface area (Å²) in [7, 11) is -3.58. The van der Waals surface area contributed by atoms with Crippen LogP contribution in [0.25, 0.3) is 0 Å². The molecule has 108 valence electrons. The van der Waals surface area contributed by atoms with E-state index in [1.807, 2.05) is 18.4 Å². The topological polar surface area (TPSA) is 66.4 Å². The van der Waals surface area contributed by atoms with Gasteiger partial charge in [-0.15, -0.1) is 11.3 Å². The van der Waals surface area contributed by atoms with Crippen molar-refractivity contribution >= 4 is 37.3 Å². The quantitative estimate of drug-likeness (QED) is 0.844. The normalized spacial score (nSPS) is 11.8. The molecule has 0 aliphatic heterocycles. The summed E-state index contributed by atoms with van der Waals surface area (Å²) in [5.74, 6) is 0. The Labute approximate surface area is 130 Å². The Morgan fingerprint density at radius 2 is 2.10 bits per heavy atom. The van der Waals surface area contributed by atoms with E-state index in [-0.39, 0.29) is 18.0 Å². The van der Waals surface area contributed by atoms with E-state index in [9.17, 15) is 13.5 Å². The van der Waals surface area contributed by atoms with Gasteiger partial charge in [-0.05, 0) is 57.6 Å². The maximum absolute atomic E-state index is 12.2. The summed E-state index contributed by atoms with van der Waals surface area (Å²) in [4.78, 5) is 1.09. The van der Waals surface area contributed by atoms with Crippen LogP contribution in [0.2, 0.25) is 0 Å². The highest BCUT2D eigenvalue weighted by Gasteiger charge is 2.16. The van der Waals surface area contributed by atoms with Gasteiger partial charge < -0.3 is 5.11 Å². The van der Waals surface area contributed by atoms with Crippen molar-refractivity contribution in [3.05, 3.63) is 50.1 Å². The Kier molecular flexibility index (Phi) is 4.98. The molecular formula is C13H14BrNO3S2. The van der Waals surface area contributed by atoms with Crippen LogP contribution in [0, 0.1) is 6.92 Å². The van der Waals surface area contributed by atoms with Crippen LogP contribution in [0.15, 0.2) is 39.0 Å². The summed E-state index contributed by atoms with van der Waals surface area (Å²) < 4.78 is 27.9. The van der Waals surface area contributed by atoms with Gasteiger partial charge in [-0.3, -0.25) is 0 Å². The maximum Gasteiger partial charge on any atom is 0.240 e. The van der Waals surface area contributed by atoms with Crippen molar-refractivity contribution in [2.24, 2.45) is 0 Å². The molecule has 0 atom stereocenters. The third-order valence-corrected chi connectivity index (χ3v) is 6.24. The molecule has 20 heavy (non-hydrogen) atoms. The molecule has 4 nitrogen and oxygen atoms in total. The van der Waals surface area contributed by atoms with Crippen molar-refractivity contribution in [1.29, 1.82) is 0 Å². The average molecular weight is 376 g/mol. The molecule has 7 heteroatoms. The van der Waals surface area contributed by atoms with E-state index in [0.717, 1.165) is 14.9 Å². The maximum atomic E-state index is 12.2. The molecule has 0 unspecified atom stereocenters. The van der Waals surface area contributed by atoms with E-state index >= 15 is 0 Å². The lowest BCUT2D eigenvalue weighted by Gasteiger charge is -2.09. The first-order valence-corrected chi connectivity index (χ1v) is 9.01. The van der Waals surface area contributed by atoms with Crippen LogP contribution in [0.1, 0.15) is 16.0 Å². The Hall–Kier alpha value is -0.730. The Bertz CT molecular complexity index is 710. The van der Waals surface area contributed by atoms with Crippen LogP contribution in [0.5, 0.6) is 0 Å². The van der Waals surface area contributed by atoms with E-state index in [2.05, 4.69) is 20.7 Å². The van der Waals surface area contributed by atoms with Gasteiger partial charge in [-0.1, -0.05) is 6.07 Å². The number of thiophene rings is 1. The number of aryl methyl sites for hydroxylation is 1. The number of hydrogen-bond acceptors (Lipinski definition) is 4. The molecule has 0 spiro atoms. The molecule has 1 aromatic heterocycles. The number of benzene rings is 1. The van der Waals surface area contributed by atoms with Gasteiger partial charge in [0, 0.05) is 15.9 Å². The van der Waals surface area contributed by atoms with Gasteiger partial charge in [0.05, 0.1) is 11.5 Å². The molecule has 0 radical (unpaired) electrons. The second-order valence-corrected chi connectivity index (χ2v) is 7.88. The molecule has 0 fully saturated rings. The average Bonchev–Trinajstić information content (AvgIpc) is 2.82. The predicted molar refractivity (Wildman–Crippen MR) is 83.1 cm³/mol. The first-order valence-electron chi connectivity index (χ1n) is 5.86. The molecule has 0 amide bonds. The lowest BCUT2D eigenvalue weighted by Crippen LogP contribution is -2.23. The van der Waals surface area contributed by atoms with E-state index in [4.69, 9.17) is 0 Å². The summed E-state index contributed by atoms with van der Waals surface area (Å²) in [5, 5.41) is 11.1. The molecule has 0 bridgehead atoms. The molecule has 1 aromatic carbocycles. The molecule has 2 N–H and O–H groups in total. The standard InChI is InChI=1S/C13H14BrNO3S2/c1-9-2-3-11(6-10(9)8-16)20(17,18)15-7-13-12(14)4-5-19-13/h2-6,15-16H,7-8H2,1H3. The summed E-state index contributed by atoms with van der Waals surface area (Å²) >= 11 is 4.85. The number of halogens is 1. The number of rotatable bonds is 5. The van der Waals surface area contributed by atoms with Gasteiger partial charge in [-0.2, -0.15) is 0 Å². The molecule has 0 saturated heterocycles. The van der Waals surface area contributed by atoms with Crippen molar-refractivity contribution in [2.75, 3.05) is 0 Å². The Morgan fingerprint density at radius 1 is 1.35 bits per heavy atom. The fourth-order valence-electron chi connectivity index (χ4n) is 1.68. The first-order chi connectivity index (χ1) is 9.44. The molecule has 2 rings (SSSR count). The minimum absolute atomic E-state index is 0.167. The fourth-order valence-corrected chi connectivity index (χ4v) is 4.25. The SMILES string of the molecule is Cc1ccc(S(=O)(=O)NCc2sccc2Br)cc1CO. The smallest absolute Gasteiger partial charge is 0.240 e. The zero-order valence-corrected chi connectivity index (χ0v) is 14.0. The highest BCUT2D eigenvalue weighted by molar-refractivity contribution is 9.10. The minimum Gasteiger partial charge on any atom is -0.392 e. The van der Waals surface area contributed by atoms with Crippen molar-refractivity contribution in [3.8, 4) is 0 Å². The fraction of sp³-hybridized carbons (Fsp3) is 0.231. The van der Waals surface area contributed by atoms with Gasteiger partial charge in [0.2, 0.25) is 10.0 Å². The Morgan fingerprint density at radius 3 is 2.70 bits per heavy atom. The monoisotopic (exact) mass is 375 g/mol. The summed E-state index contributed by atoms with van der Waals surface area (Å²) in [5.41, 5.74) is 1.48. The van der Waals surface area contributed by atoms with Crippen molar-refractivity contribution in [2.45, 2.75) is 25.0 Å². The van der Waals surface area contributed by atoms with Gasteiger partial charge in [-0.25, -0.2) is 13.1 Å². The number of nitrogens with one attached hydrogen (secondary N) is 1. The molecule has 1 heterocycles. The lowest BCUT2D eigenvalue weighted by atomic mass is 10.1. The third kappa shape index (κ3) is 3.48. The summed E-state index contributed by atoms with van der Waals surface area (Å²) in [6, 6.07) is 6.62. The van der Waals surface area contributed by atoms with Gasteiger partial charge >= 0.3 is 0 Å². The van der Waals surface area contributed by atoms with E-state index in [0.29, 0.717) is 5.56 Å². The van der Waals surface area contributed by atoms with Gasteiger partial charge in [0.15, 0.2) is 0 Å². The molecule has 0 saturated carbocycles. The first kappa shape index (κ1) is 15.7. The summed E-state index contributed by atoms with van der Waals surface area (Å²) in [6.45, 7) is 1.90. The van der Waals surface area contributed by atoms with Crippen LogP contribution in [0.3, 0.4) is 0 Å². The number of hydrogen-bond donors (Lipinski definition) is 2. The molecular weight excluding hydrogens is 362 g/mol. The summed E-state index contributed by atoms with van der Waals surface area (Å²) in [6.07, 6.45) is 0. The minimum atomic E-state index is -3.58. The number of aliphatic hydroxyl groups is 1. The highest BCUT2D eigenvalue weighted by atomic mass is 79.9. The van der Waals surface area contributed by atoms with E-state index < -0.39 is 10.0 Å². The molecule has 2 aromatic rings. The lowest BCUT2D eigenvalue weighted by molar-refractivity contribution is 0.280. The molecule has 0 aliphatic rings. The second kappa shape index (κ2) is 6.36. The third-order valence-electron chi connectivity index (χ3n) is 2.92. The molecule has 0 aliphatic carbocycles. The van der Waals surface area contributed by atoms with Gasteiger partial charge in [0.1, 0.15) is 0 Å². The predicted octanol–water partition coefficient (Wildman–Crippen LogP) is 2.79. The van der Waals surface area contributed by atoms with E-state index in [1.54, 1.807) is 12.1 Å². The highest BCUT2D eigenvalue weighted by Crippen LogP contribution is 2.23. The largest absolute Gasteiger partial charge is 0.392 e. The van der Waals surface area contributed by atoms with Crippen LogP contribution < -0.4 is 4.72 Å². The number of sulfonamides is 1. The second-order valence-electron chi connectivity index (χ2n) is 4.26. The van der Waals surface area contributed by atoms with Gasteiger partial charge in [0.25, 0.3) is 0 Å². The Balaban J connectivity index is 2.20. The van der Waals surface area contributed by atoms with Crippen LogP contribution >= 0.6 is 27.3 Å².